The van der Waals surface area contributed by atoms with Gasteiger partial charge in [-0.1, -0.05) is 0 Å². The number of hydrogen-bond acceptors (Lipinski definition) is 7. The van der Waals surface area contributed by atoms with Crippen LogP contribution in [0.2, 0.25) is 0 Å². The summed E-state index contributed by atoms with van der Waals surface area (Å²) >= 11 is 0. The third-order valence-corrected chi connectivity index (χ3v) is 5.21. The molecule has 0 bridgehead atoms. The lowest BCUT2D eigenvalue weighted by Gasteiger charge is -2.33. The molecule has 0 spiro atoms. The normalized spacial score (nSPS) is 22.8. The molecule has 2 atom stereocenters. The molecule has 1 saturated heterocycles. The minimum Gasteiger partial charge on any atom is -0.378 e. The maximum Gasteiger partial charge on any atom is 0.250 e. The average Bonchev–Trinajstić information content (AvgIpc) is 3.17. The summed E-state index contributed by atoms with van der Waals surface area (Å²) in [5, 5.41) is 4.14. The van der Waals surface area contributed by atoms with Crippen molar-refractivity contribution in [3.05, 3.63) is 47.5 Å². The molecule has 0 aliphatic carbocycles. The van der Waals surface area contributed by atoms with Crippen LogP contribution in [0.25, 0.3) is 0 Å². The second-order valence-corrected chi connectivity index (χ2v) is 8.47. The van der Waals surface area contributed by atoms with Crippen molar-refractivity contribution in [3.63, 3.8) is 0 Å². The quantitative estimate of drug-likeness (QED) is 0.730. The van der Waals surface area contributed by atoms with Crippen molar-refractivity contribution in [2.24, 2.45) is 5.73 Å². The zero-order chi connectivity index (χ0) is 19.6. The van der Waals surface area contributed by atoms with Crippen molar-refractivity contribution in [3.8, 4) is 0 Å². The summed E-state index contributed by atoms with van der Waals surface area (Å²) in [5.74, 6) is -1.18. The summed E-state index contributed by atoms with van der Waals surface area (Å²) in [7, 11) is -3.29. The highest BCUT2D eigenvalue weighted by Gasteiger charge is 2.32. The highest BCUT2D eigenvalue weighted by molar-refractivity contribution is 7.89. The molecule has 2 aromatic heterocycles. The van der Waals surface area contributed by atoms with Gasteiger partial charge >= 0.3 is 0 Å². The molecule has 0 saturated carbocycles. The van der Waals surface area contributed by atoms with Gasteiger partial charge in [-0.15, -0.1) is 0 Å². The van der Waals surface area contributed by atoms with Gasteiger partial charge in [0.15, 0.2) is 0 Å². The molecular weight excluding hydrogens is 380 g/mol. The molecular formula is C16H21F2N5O3S. The molecule has 4 rings (SSSR count). The number of halogens is 2. The van der Waals surface area contributed by atoms with Crippen molar-refractivity contribution >= 4 is 10.0 Å². The van der Waals surface area contributed by atoms with Crippen LogP contribution >= 0.6 is 0 Å². The van der Waals surface area contributed by atoms with Gasteiger partial charge in [-0.05, 0) is 18.6 Å². The standard InChI is InChI=1S/C11H18N4O3S.C5H3F2N/c1-19(16,17)15-4-8-3-14(5-11(8)13-15)10-2-9(12)6-18-7-10;6-4-1-2-5(7)8-3-4/h4,9-10H,2-3,5-7,12H2,1H3;1-3H. The molecule has 2 unspecified atom stereocenters. The van der Waals surface area contributed by atoms with E-state index in [0.29, 0.717) is 32.3 Å². The van der Waals surface area contributed by atoms with Crippen LogP contribution < -0.4 is 5.73 Å². The van der Waals surface area contributed by atoms with Gasteiger partial charge in [0.2, 0.25) is 5.95 Å². The minimum absolute atomic E-state index is 0.0858. The lowest BCUT2D eigenvalue weighted by Crippen LogP contribution is -2.46. The van der Waals surface area contributed by atoms with Crippen LogP contribution in [0.4, 0.5) is 8.78 Å². The molecule has 2 aliphatic rings. The van der Waals surface area contributed by atoms with Gasteiger partial charge in [0, 0.05) is 36.9 Å². The molecule has 8 nitrogen and oxygen atoms in total. The third-order valence-electron chi connectivity index (χ3n) is 4.35. The fourth-order valence-corrected chi connectivity index (χ4v) is 3.60. The molecule has 1 fully saturated rings. The van der Waals surface area contributed by atoms with Crippen LogP contribution in [0, 0.1) is 11.8 Å². The highest BCUT2D eigenvalue weighted by atomic mass is 32.2. The number of aromatic nitrogens is 3. The largest absolute Gasteiger partial charge is 0.378 e. The van der Waals surface area contributed by atoms with Crippen LogP contribution in [0.15, 0.2) is 24.5 Å². The number of hydrogen-bond donors (Lipinski definition) is 1. The van der Waals surface area contributed by atoms with Crippen LogP contribution in [0.1, 0.15) is 17.7 Å². The third kappa shape index (κ3) is 5.06. The topological polar surface area (TPSA) is 103 Å². The van der Waals surface area contributed by atoms with Crippen molar-refractivity contribution in [1.29, 1.82) is 0 Å². The van der Waals surface area contributed by atoms with Crippen LogP contribution in [-0.4, -0.2) is 59.0 Å². The highest BCUT2D eigenvalue weighted by Crippen LogP contribution is 2.26. The molecule has 148 valence electrons. The summed E-state index contributed by atoms with van der Waals surface area (Å²) in [4.78, 5) is 5.29. The Balaban J connectivity index is 0.000000221. The zero-order valence-electron chi connectivity index (χ0n) is 14.8. The van der Waals surface area contributed by atoms with Gasteiger partial charge in [-0.3, -0.25) is 4.90 Å². The first-order valence-corrected chi connectivity index (χ1v) is 10.2. The SMILES string of the molecule is CS(=O)(=O)n1cc2c(n1)CN(C1COCC(N)C1)C2.Fc1ccc(F)nc1. The smallest absolute Gasteiger partial charge is 0.250 e. The van der Waals surface area contributed by atoms with Crippen molar-refractivity contribution in [2.45, 2.75) is 31.6 Å². The Hall–Kier alpha value is -1.95. The van der Waals surface area contributed by atoms with E-state index < -0.39 is 21.8 Å². The first kappa shape index (κ1) is 19.8. The minimum atomic E-state index is -3.29. The lowest BCUT2D eigenvalue weighted by molar-refractivity contribution is 0.00507. The molecule has 27 heavy (non-hydrogen) atoms. The Kier molecular flexibility index (Phi) is 5.84. The van der Waals surface area contributed by atoms with Gasteiger partial charge < -0.3 is 10.5 Å². The summed E-state index contributed by atoms with van der Waals surface area (Å²) in [5.41, 5.74) is 7.72. The molecule has 11 heteroatoms. The Morgan fingerprint density at radius 1 is 1.26 bits per heavy atom. The van der Waals surface area contributed by atoms with Gasteiger partial charge in [0.1, 0.15) is 5.82 Å². The summed E-state index contributed by atoms with van der Waals surface area (Å²) in [6, 6.07) is 2.37. The van der Waals surface area contributed by atoms with Crippen molar-refractivity contribution < 1.29 is 21.9 Å². The molecule has 2 N–H and O–H groups in total. The van der Waals surface area contributed by atoms with Crippen LogP contribution in [-0.2, 0) is 27.8 Å². The van der Waals surface area contributed by atoms with E-state index in [2.05, 4.69) is 15.0 Å². The van der Waals surface area contributed by atoms with E-state index in [0.717, 1.165) is 46.4 Å². The first-order valence-electron chi connectivity index (χ1n) is 8.35. The number of ether oxygens (including phenoxy) is 1. The van der Waals surface area contributed by atoms with Crippen molar-refractivity contribution in [1.82, 2.24) is 19.1 Å². The van der Waals surface area contributed by atoms with Crippen molar-refractivity contribution in [2.75, 3.05) is 19.5 Å². The molecule has 0 radical (unpaired) electrons. The van der Waals surface area contributed by atoms with Gasteiger partial charge in [0.05, 0.1) is 31.4 Å². The average molecular weight is 401 g/mol. The number of fused-ring (bicyclic) bond motifs is 1. The Labute approximate surface area is 156 Å². The molecule has 4 heterocycles. The maximum atomic E-state index is 11.9. The molecule has 2 aliphatic heterocycles. The fraction of sp³-hybridized carbons (Fsp3) is 0.500. The Morgan fingerprint density at radius 3 is 2.59 bits per heavy atom. The summed E-state index contributed by atoms with van der Waals surface area (Å²) in [6.45, 7) is 2.68. The fourth-order valence-electron chi connectivity index (χ4n) is 3.03. The van der Waals surface area contributed by atoms with Crippen LogP contribution in [0.5, 0.6) is 0 Å². The van der Waals surface area contributed by atoms with E-state index in [1.54, 1.807) is 6.20 Å². The van der Waals surface area contributed by atoms with Gasteiger partial charge in [-0.2, -0.15) is 13.6 Å². The van der Waals surface area contributed by atoms with Gasteiger partial charge in [0.25, 0.3) is 10.0 Å². The lowest BCUT2D eigenvalue weighted by atomic mass is 10.1. The van der Waals surface area contributed by atoms with E-state index in [1.165, 1.54) is 0 Å². The van der Waals surface area contributed by atoms with E-state index >= 15 is 0 Å². The number of nitrogens with two attached hydrogens (primary N) is 1. The number of pyridine rings is 1. The molecule has 0 aromatic carbocycles. The molecule has 0 amide bonds. The monoisotopic (exact) mass is 401 g/mol. The number of nitrogens with zero attached hydrogens (tertiary/aromatic N) is 4. The Bertz CT molecular complexity index is 843. The molecule has 2 aromatic rings. The Morgan fingerprint density at radius 2 is 2.04 bits per heavy atom. The van der Waals surface area contributed by atoms with Gasteiger partial charge in [-0.25, -0.2) is 17.8 Å². The van der Waals surface area contributed by atoms with E-state index in [-0.39, 0.29) is 6.04 Å². The van der Waals surface area contributed by atoms with E-state index in [9.17, 15) is 17.2 Å². The van der Waals surface area contributed by atoms with E-state index in [4.69, 9.17) is 10.5 Å². The summed E-state index contributed by atoms with van der Waals surface area (Å²) < 4.78 is 53.0. The zero-order valence-corrected chi connectivity index (χ0v) is 15.6. The second-order valence-electron chi connectivity index (χ2n) is 6.63. The summed E-state index contributed by atoms with van der Waals surface area (Å²) in [6.07, 6.45) is 4.50. The van der Waals surface area contributed by atoms with Crippen LogP contribution in [0.3, 0.4) is 0 Å². The predicted octanol–water partition coefficient (Wildman–Crippen LogP) is 0.482. The maximum absolute atomic E-state index is 11.9. The van der Waals surface area contributed by atoms with E-state index in [1.807, 2.05) is 0 Å². The number of rotatable bonds is 2. The first-order chi connectivity index (χ1) is 12.7. The predicted molar refractivity (Wildman–Crippen MR) is 93.1 cm³/mol. The second kappa shape index (κ2) is 7.97.